The zero-order valence-corrected chi connectivity index (χ0v) is 24.5. The predicted molar refractivity (Wildman–Crippen MR) is 163 cm³/mol. The maximum absolute atomic E-state index is 11.9. The number of benzene rings is 4. The van der Waals surface area contributed by atoms with Gasteiger partial charge in [-0.05, 0) is 60.0 Å². The van der Waals surface area contributed by atoms with Gasteiger partial charge in [-0.1, -0.05) is 61.5 Å². The molecule has 1 N–H and O–H groups in total. The molecule has 1 fully saturated rings. The lowest BCUT2D eigenvalue weighted by Gasteiger charge is -2.37. The van der Waals surface area contributed by atoms with E-state index in [1.807, 2.05) is 73.7 Å². The minimum Gasteiger partial charge on any atom is -0.493 e. The summed E-state index contributed by atoms with van der Waals surface area (Å²) in [6, 6.07) is 31.6. The fourth-order valence-electron chi connectivity index (χ4n) is 4.74. The van der Waals surface area contributed by atoms with Crippen molar-refractivity contribution in [1.29, 1.82) is 0 Å². The maximum atomic E-state index is 11.9. The Morgan fingerprint density at radius 1 is 0.829 bits per heavy atom. The summed E-state index contributed by atoms with van der Waals surface area (Å²) in [6.45, 7) is 7.45. The van der Waals surface area contributed by atoms with Crippen LogP contribution in [0.2, 0.25) is 0 Å². The van der Waals surface area contributed by atoms with E-state index in [9.17, 15) is 8.42 Å². The van der Waals surface area contributed by atoms with Crippen LogP contribution in [0.4, 0.5) is 11.4 Å². The molecule has 0 amide bonds. The van der Waals surface area contributed by atoms with Crippen molar-refractivity contribution in [3.8, 4) is 17.2 Å². The van der Waals surface area contributed by atoms with E-state index in [-0.39, 0.29) is 5.41 Å². The van der Waals surface area contributed by atoms with Gasteiger partial charge in [-0.15, -0.1) is 0 Å². The quantitative estimate of drug-likeness (QED) is 0.202. The van der Waals surface area contributed by atoms with Crippen LogP contribution in [-0.4, -0.2) is 34.5 Å². The number of hydrogen-bond donors (Lipinski definition) is 1. The first-order valence-electron chi connectivity index (χ1n) is 13.6. The molecular formula is C33H36N2O5S. The molecule has 41 heavy (non-hydrogen) atoms. The van der Waals surface area contributed by atoms with Crippen LogP contribution in [0.1, 0.15) is 23.6 Å². The van der Waals surface area contributed by atoms with Crippen LogP contribution in [-0.2, 0) is 27.8 Å². The Bertz CT molecular complexity index is 1570. The van der Waals surface area contributed by atoms with Gasteiger partial charge in [0.25, 0.3) is 0 Å². The number of hydrogen-bond acceptors (Lipinski definition) is 6. The van der Waals surface area contributed by atoms with Crippen LogP contribution in [0.25, 0.3) is 0 Å². The zero-order valence-electron chi connectivity index (χ0n) is 23.7. The highest BCUT2D eigenvalue weighted by molar-refractivity contribution is 7.92. The molecule has 0 bridgehead atoms. The molecule has 4 aromatic rings. The molecular weight excluding hydrogens is 536 g/mol. The van der Waals surface area contributed by atoms with Crippen LogP contribution >= 0.6 is 0 Å². The Morgan fingerprint density at radius 2 is 1.49 bits per heavy atom. The fraction of sp³-hybridized carbons (Fsp3) is 0.273. The van der Waals surface area contributed by atoms with E-state index in [0.29, 0.717) is 31.1 Å². The molecule has 8 heteroatoms. The number of anilines is 2. The first-order valence-corrected chi connectivity index (χ1v) is 15.5. The molecule has 0 spiro atoms. The van der Waals surface area contributed by atoms with Crippen molar-refractivity contribution >= 4 is 21.4 Å². The first-order chi connectivity index (χ1) is 19.7. The Morgan fingerprint density at radius 3 is 2.15 bits per heavy atom. The molecule has 0 radical (unpaired) electrons. The molecule has 214 valence electrons. The Hall–Kier alpha value is -4.01. The summed E-state index contributed by atoms with van der Waals surface area (Å²) in [7, 11) is -3.40. The lowest BCUT2D eigenvalue weighted by Crippen LogP contribution is -2.44. The summed E-state index contributed by atoms with van der Waals surface area (Å²) < 4.78 is 43.9. The van der Waals surface area contributed by atoms with E-state index in [1.54, 1.807) is 6.07 Å². The van der Waals surface area contributed by atoms with Gasteiger partial charge in [-0.2, -0.15) is 0 Å². The monoisotopic (exact) mass is 572 g/mol. The summed E-state index contributed by atoms with van der Waals surface area (Å²) >= 11 is 0. The minimum atomic E-state index is -3.40. The van der Waals surface area contributed by atoms with Crippen molar-refractivity contribution in [2.75, 3.05) is 35.7 Å². The third kappa shape index (κ3) is 7.80. The fourth-order valence-corrected chi connectivity index (χ4v) is 5.37. The molecule has 0 atom stereocenters. The Kier molecular flexibility index (Phi) is 8.52. The summed E-state index contributed by atoms with van der Waals surface area (Å²) in [4.78, 5) is 2.25. The number of nitrogens with one attached hydrogen (secondary N) is 1. The number of ether oxygens (including phenoxy) is 3. The van der Waals surface area contributed by atoms with Gasteiger partial charge in [0.15, 0.2) is 0 Å². The zero-order chi connectivity index (χ0) is 28.9. The highest BCUT2D eigenvalue weighted by Crippen LogP contribution is 2.32. The molecule has 1 heterocycles. The van der Waals surface area contributed by atoms with Crippen LogP contribution in [0, 0.1) is 12.3 Å². The van der Waals surface area contributed by atoms with Gasteiger partial charge in [0.2, 0.25) is 10.0 Å². The van der Waals surface area contributed by atoms with Crippen molar-refractivity contribution < 1.29 is 22.6 Å². The van der Waals surface area contributed by atoms with Gasteiger partial charge in [-0.25, -0.2) is 8.42 Å². The third-order valence-corrected chi connectivity index (χ3v) is 7.57. The minimum absolute atomic E-state index is 0.0746. The van der Waals surface area contributed by atoms with Gasteiger partial charge < -0.3 is 19.1 Å². The summed E-state index contributed by atoms with van der Waals surface area (Å²) in [5, 5.41) is 0. The van der Waals surface area contributed by atoms with E-state index in [1.165, 1.54) is 6.26 Å². The summed E-state index contributed by atoms with van der Waals surface area (Å²) in [6.07, 6.45) is 1.17. The Balaban J connectivity index is 1.31. The molecule has 4 aromatic carbocycles. The molecule has 0 aromatic heterocycles. The lowest BCUT2D eigenvalue weighted by atomic mass is 9.90. The average Bonchev–Trinajstić information content (AvgIpc) is 2.93. The summed E-state index contributed by atoms with van der Waals surface area (Å²) in [5.74, 6) is 2.21. The molecule has 0 saturated carbocycles. The molecule has 1 aliphatic rings. The van der Waals surface area contributed by atoms with E-state index in [2.05, 4.69) is 40.8 Å². The van der Waals surface area contributed by atoms with Gasteiger partial charge in [0.05, 0.1) is 31.8 Å². The molecule has 5 rings (SSSR count). The smallest absolute Gasteiger partial charge is 0.229 e. The second kappa shape index (κ2) is 12.2. The normalized spacial score (nSPS) is 14.1. The first kappa shape index (κ1) is 28.5. The van der Waals surface area contributed by atoms with Gasteiger partial charge in [-0.3, -0.25) is 4.72 Å². The lowest BCUT2D eigenvalue weighted by molar-refractivity contribution is -0.120. The van der Waals surface area contributed by atoms with E-state index in [0.717, 1.165) is 47.1 Å². The largest absolute Gasteiger partial charge is 0.493 e. The highest BCUT2D eigenvalue weighted by atomic mass is 32.2. The second-order valence-electron chi connectivity index (χ2n) is 11.0. The molecule has 0 aliphatic carbocycles. The molecule has 0 unspecified atom stereocenters. The maximum Gasteiger partial charge on any atom is 0.229 e. The Labute approximate surface area is 242 Å². The van der Waals surface area contributed by atoms with Crippen LogP contribution in [0.3, 0.4) is 0 Å². The number of sulfonamides is 1. The van der Waals surface area contributed by atoms with Crippen LogP contribution in [0.5, 0.6) is 17.2 Å². The van der Waals surface area contributed by atoms with Gasteiger partial charge >= 0.3 is 0 Å². The van der Waals surface area contributed by atoms with Crippen molar-refractivity contribution in [2.45, 2.75) is 26.9 Å². The summed E-state index contributed by atoms with van der Waals surface area (Å²) in [5.41, 5.74) is 4.74. The predicted octanol–water partition coefficient (Wildman–Crippen LogP) is 6.78. The van der Waals surface area contributed by atoms with E-state index < -0.39 is 10.0 Å². The van der Waals surface area contributed by atoms with Crippen molar-refractivity contribution in [1.82, 2.24) is 0 Å². The second-order valence-corrected chi connectivity index (χ2v) is 12.7. The van der Waals surface area contributed by atoms with Crippen LogP contribution in [0.15, 0.2) is 97.1 Å². The third-order valence-electron chi connectivity index (χ3n) is 6.98. The van der Waals surface area contributed by atoms with Crippen molar-refractivity contribution in [3.63, 3.8) is 0 Å². The molecule has 7 nitrogen and oxygen atoms in total. The van der Waals surface area contributed by atoms with Gasteiger partial charge in [0, 0.05) is 30.3 Å². The van der Waals surface area contributed by atoms with Crippen LogP contribution < -0.4 is 19.1 Å². The highest BCUT2D eigenvalue weighted by Gasteiger charge is 2.34. The van der Waals surface area contributed by atoms with E-state index in [4.69, 9.17) is 14.2 Å². The number of nitrogens with zero attached hydrogens (tertiary/aromatic N) is 1. The SMILES string of the molecule is Cc1c(NS(C)(=O)=O)cccc1N(Cc1ccccc1)Cc1ccc(Oc2cccc(OCC3(C)COC3)c2)cc1. The van der Waals surface area contributed by atoms with Crippen molar-refractivity contribution in [3.05, 3.63) is 114 Å². The topological polar surface area (TPSA) is 77.1 Å². The molecule has 1 saturated heterocycles. The number of rotatable bonds is 12. The average molecular weight is 573 g/mol. The van der Waals surface area contributed by atoms with Crippen molar-refractivity contribution in [2.24, 2.45) is 5.41 Å². The van der Waals surface area contributed by atoms with E-state index >= 15 is 0 Å². The molecule has 1 aliphatic heterocycles. The standard InChI is InChI=1S/C33H36N2O5S/c1-25-31(34-41(3,36)37)13-8-14-32(25)35(20-26-9-5-4-6-10-26)21-27-15-17-28(18-16-27)40-30-12-7-11-29(19-30)39-24-33(2)22-38-23-33/h4-19,34H,20-24H2,1-3H3. The van der Waals surface area contributed by atoms with Gasteiger partial charge in [0.1, 0.15) is 17.2 Å².